The van der Waals surface area contributed by atoms with E-state index in [1.165, 1.54) is 0 Å². The van der Waals surface area contributed by atoms with E-state index in [-0.39, 0.29) is 24.5 Å². The molecule has 0 aliphatic carbocycles. The molecule has 1 amide bonds. The number of nitrogens with zero attached hydrogens (tertiary/aromatic N) is 1. The summed E-state index contributed by atoms with van der Waals surface area (Å²) in [6.07, 6.45) is 2.06. The lowest BCUT2D eigenvalue weighted by Crippen LogP contribution is -2.13. The SMILES string of the molecule is O=C(CCC(=O)c1ccc2ccccc2c1)Nc1ccc2ncccc2c1. The molecule has 4 aromatic rings. The molecule has 3 aromatic carbocycles. The fraction of sp³-hybridized carbons (Fsp3) is 0.0870. The molecule has 0 saturated carbocycles. The molecule has 1 aromatic heterocycles. The zero-order valence-corrected chi connectivity index (χ0v) is 14.7. The Balaban J connectivity index is 1.39. The third kappa shape index (κ3) is 3.85. The maximum atomic E-state index is 12.4. The van der Waals surface area contributed by atoms with Crippen molar-refractivity contribution in [1.29, 1.82) is 0 Å². The summed E-state index contributed by atoms with van der Waals surface area (Å²) in [5.74, 6) is -0.203. The summed E-state index contributed by atoms with van der Waals surface area (Å²) < 4.78 is 0. The quantitative estimate of drug-likeness (QED) is 0.514. The Morgan fingerprint density at radius 2 is 1.59 bits per heavy atom. The molecule has 0 unspecified atom stereocenters. The lowest BCUT2D eigenvalue weighted by atomic mass is 10.0. The van der Waals surface area contributed by atoms with Crippen LogP contribution in [0, 0.1) is 0 Å². The zero-order chi connectivity index (χ0) is 18.6. The van der Waals surface area contributed by atoms with Crippen LogP contribution < -0.4 is 5.32 Å². The van der Waals surface area contributed by atoms with E-state index in [2.05, 4.69) is 10.3 Å². The van der Waals surface area contributed by atoms with Crippen molar-refractivity contribution in [3.05, 3.63) is 84.6 Å². The van der Waals surface area contributed by atoms with Gasteiger partial charge in [-0.3, -0.25) is 14.6 Å². The maximum absolute atomic E-state index is 12.4. The van der Waals surface area contributed by atoms with E-state index >= 15 is 0 Å². The molecule has 0 aliphatic rings. The molecule has 0 bridgehead atoms. The number of carbonyl (C=O) groups is 2. The first-order valence-corrected chi connectivity index (χ1v) is 8.86. The highest BCUT2D eigenvalue weighted by Crippen LogP contribution is 2.19. The van der Waals surface area contributed by atoms with Crippen LogP contribution in [0.4, 0.5) is 5.69 Å². The Morgan fingerprint density at radius 3 is 2.48 bits per heavy atom. The van der Waals surface area contributed by atoms with Crippen LogP contribution in [0.3, 0.4) is 0 Å². The Bertz CT molecular complexity index is 1150. The number of aromatic nitrogens is 1. The zero-order valence-electron chi connectivity index (χ0n) is 14.7. The summed E-state index contributed by atoms with van der Waals surface area (Å²) in [7, 11) is 0. The summed E-state index contributed by atoms with van der Waals surface area (Å²) >= 11 is 0. The highest BCUT2D eigenvalue weighted by atomic mass is 16.2. The summed E-state index contributed by atoms with van der Waals surface area (Å²) in [5, 5.41) is 5.93. The largest absolute Gasteiger partial charge is 0.326 e. The summed E-state index contributed by atoms with van der Waals surface area (Å²) in [6, 6.07) is 22.9. The number of benzene rings is 3. The average molecular weight is 354 g/mol. The fourth-order valence-electron chi connectivity index (χ4n) is 3.11. The first-order chi connectivity index (χ1) is 13.2. The number of fused-ring (bicyclic) bond motifs is 2. The molecular weight excluding hydrogens is 336 g/mol. The van der Waals surface area contributed by atoms with Crippen LogP contribution >= 0.6 is 0 Å². The van der Waals surface area contributed by atoms with E-state index in [4.69, 9.17) is 0 Å². The minimum Gasteiger partial charge on any atom is -0.326 e. The molecule has 132 valence electrons. The number of carbonyl (C=O) groups excluding carboxylic acids is 2. The van der Waals surface area contributed by atoms with Gasteiger partial charge in [-0.05, 0) is 41.1 Å². The van der Waals surface area contributed by atoms with Crippen molar-refractivity contribution in [2.75, 3.05) is 5.32 Å². The van der Waals surface area contributed by atoms with Gasteiger partial charge in [0.1, 0.15) is 0 Å². The van der Waals surface area contributed by atoms with Gasteiger partial charge in [-0.2, -0.15) is 0 Å². The van der Waals surface area contributed by atoms with Crippen LogP contribution in [0.5, 0.6) is 0 Å². The third-order valence-electron chi connectivity index (χ3n) is 4.54. The lowest BCUT2D eigenvalue weighted by molar-refractivity contribution is -0.116. The number of rotatable bonds is 5. The first kappa shape index (κ1) is 16.9. The van der Waals surface area contributed by atoms with E-state index in [0.717, 1.165) is 21.7 Å². The van der Waals surface area contributed by atoms with Crippen molar-refractivity contribution >= 4 is 39.1 Å². The number of anilines is 1. The normalized spacial score (nSPS) is 10.8. The Kier molecular flexibility index (Phi) is 4.62. The van der Waals surface area contributed by atoms with Crippen molar-refractivity contribution in [3.63, 3.8) is 0 Å². The lowest BCUT2D eigenvalue weighted by Gasteiger charge is -2.07. The maximum Gasteiger partial charge on any atom is 0.224 e. The number of hydrogen-bond donors (Lipinski definition) is 1. The molecule has 0 spiro atoms. The van der Waals surface area contributed by atoms with Gasteiger partial charge in [0, 0.05) is 35.7 Å². The molecule has 1 N–H and O–H groups in total. The molecule has 0 fully saturated rings. The molecule has 0 saturated heterocycles. The summed E-state index contributed by atoms with van der Waals surface area (Å²) in [5.41, 5.74) is 2.22. The molecule has 0 radical (unpaired) electrons. The standard InChI is InChI=1S/C23H18N2O2/c26-22(19-8-7-16-4-1-2-5-17(16)14-19)11-12-23(27)25-20-9-10-21-18(15-20)6-3-13-24-21/h1-10,13-15H,11-12H2,(H,25,27). The minimum atomic E-state index is -0.174. The first-order valence-electron chi connectivity index (χ1n) is 8.86. The molecule has 4 rings (SSSR count). The second-order valence-electron chi connectivity index (χ2n) is 6.44. The highest BCUT2D eigenvalue weighted by molar-refractivity contribution is 6.02. The number of Topliss-reactive ketones (excluding diaryl/α,β-unsaturated/α-hetero) is 1. The number of ketones is 1. The minimum absolute atomic E-state index is 0.0291. The van der Waals surface area contributed by atoms with Crippen LogP contribution in [0.1, 0.15) is 23.2 Å². The van der Waals surface area contributed by atoms with Crippen LogP contribution in [0.25, 0.3) is 21.7 Å². The van der Waals surface area contributed by atoms with Crippen molar-refractivity contribution in [2.45, 2.75) is 12.8 Å². The Morgan fingerprint density at radius 1 is 0.778 bits per heavy atom. The van der Waals surface area contributed by atoms with Crippen LogP contribution in [-0.4, -0.2) is 16.7 Å². The fourth-order valence-corrected chi connectivity index (χ4v) is 3.11. The van der Waals surface area contributed by atoms with Crippen LogP contribution in [-0.2, 0) is 4.79 Å². The van der Waals surface area contributed by atoms with Gasteiger partial charge in [0.25, 0.3) is 0 Å². The topological polar surface area (TPSA) is 59.1 Å². The van der Waals surface area contributed by atoms with Crippen molar-refractivity contribution in [3.8, 4) is 0 Å². The second-order valence-corrected chi connectivity index (χ2v) is 6.44. The monoisotopic (exact) mass is 354 g/mol. The van der Waals surface area contributed by atoms with Gasteiger partial charge < -0.3 is 5.32 Å². The average Bonchev–Trinajstić information content (AvgIpc) is 2.71. The van der Waals surface area contributed by atoms with Crippen molar-refractivity contribution in [2.24, 2.45) is 0 Å². The van der Waals surface area contributed by atoms with Gasteiger partial charge >= 0.3 is 0 Å². The third-order valence-corrected chi connectivity index (χ3v) is 4.54. The predicted octanol–water partition coefficient (Wildman–Crippen LogP) is 4.99. The highest BCUT2D eigenvalue weighted by Gasteiger charge is 2.10. The summed E-state index contributed by atoms with van der Waals surface area (Å²) in [6.45, 7) is 0. The molecule has 27 heavy (non-hydrogen) atoms. The van der Waals surface area contributed by atoms with E-state index in [1.807, 2.05) is 72.8 Å². The van der Waals surface area contributed by atoms with Gasteiger partial charge in [-0.25, -0.2) is 0 Å². The van der Waals surface area contributed by atoms with Crippen LogP contribution in [0.15, 0.2) is 79.0 Å². The molecule has 0 atom stereocenters. The van der Waals surface area contributed by atoms with Gasteiger partial charge in [0.15, 0.2) is 5.78 Å². The smallest absolute Gasteiger partial charge is 0.224 e. The number of hydrogen-bond acceptors (Lipinski definition) is 3. The van der Waals surface area contributed by atoms with Gasteiger partial charge in [-0.15, -0.1) is 0 Å². The number of pyridine rings is 1. The van der Waals surface area contributed by atoms with Crippen molar-refractivity contribution in [1.82, 2.24) is 4.98 Å². The molecule has 4 heteroatoms. The van der Waals surface area contributed by atoms with E-state index in [1.54, 1.807) is 6.20 Å². The number of amides is 1. The summed E-state index contributed by atoms with van der Waals surface area (Å²) in [4.78, 5) is 28.9. The Hall–Kier alpha value is -3.53. The van der Waals surface area contributed by atoms with Crippen molar-refractivity contribution < 1.29 is 9.59 Å². The Labute approximate surface area is 156 Å². The van der Waals surface area contributed by atoms with E-state index < -0.39 is 0 Å². The number of nitrogens with one attached hydrogen (secondary N) is 1. The van der Waals surface area contributed by atoms with Crippen LogP contribution in [0.2, 0.25) is 0 Å². The molecule has 0 aliphatic heterocycles. The second kappa shape index (κ2) is 7.38. The molecule has 1 heterocycles. The van der Waals surface area contributed by atoms with E-state index in [0.29, 0.717) is 11.3 Å². The predicted molar refractivity (Wildman–Crippen MR) is 108 cm³/mol. The van der Waals surface area contributed by atoms with Gasteiger partial charge in [0.2, 0.25) is 5.91 Å². The molecule has 4 nitrogen and oxygen atoms in total. The van der Waals surface area contributed by atoms with E-state index in [9.17, 15) is 9.59 Å². The molecular formula is C23H18N2O2. The van der Waals surface area contributed by atoms with Gasteiger partial charge in [-0.1, -0.05) is 42.5 Å². The van der Waals surface area contributed by atoms with Gasteiger partial charge in [0.05, 0.1) is 5.52 Å².